The molecular formula is C15H21BrO4. The van der Waals surface area contributed by atoms with Gasteiger partial charge in [0.15, 0.2) is 0 Å². The van der Waals surface area contributed by atoms with Gasteiger partial charge in [-0.3, -0.25) is 0 Å². The molecule has 2 unspecified atom stereocenters. The first-order chi connectivity index (χ1) is 9.41. The highest BCUT2D eigenvalue weighted by Gasteiger charge is 2.40. The summed E-state index contributed by atoms with van der Waals surface area (Å²) >= 11 is 3.48. The molecule has 0 amide bonds. The molecule has 1 aromatic rings. The van der Waals surface area contributed by atoms with Gasteiger partial charge in [-0.05, 0) is 41.9 Å². The summed E-state index contributed by atoms with van der Waals surface area (Å²) in [5.41, 5.74) is -0.174. The molecule has 0 aromatic heterocycles. The molecule has 0 aliphatic carbocycles. The van der Waals surface area contributed by atoms with Gasteiger partial charge in [0.1, 0.15) is 16.0 Å². The first kappa shape index (κ1) is 15.6. The van der Waals surface area contributed by atoms with Crippen molar-refractivity contribution >= 4 is 15.9 Å². The van der Waals surface area contributed by atoms with Crippen molar-refractivity contribution in [1.82, 2.24) is 0 Å². The highest BCUT2D eigenvalue weighted by Crippen LogP contribution is 2.46. The van der Waals surface area contributed by atoms with E-state index in [0.717, 1.165) is 10.0 Å². The molecule has 1 aromatic carbocycles. The SMILES string of the molecule is COc1ccc(C2(O)CC(C)OC(C)C2)c(OC)c1Br. The molecule has 4 nitrogen and oxygen atoms in total. The maximum absolute atomic E-state index is 11.1. The lowest BCUT2D eigenvalue weighted by Gasteiger charge is -2.40. The molecule has 1 heterocycles. The Kier molecular flexibility index (Phi) is 4.62. The Morgan fingerprint density at radius 2 is 1.80 bits per heavy atom. The first-order valence-electron chi connectivity index (χ1n) is 6.70. The lowest BCUT2D eigenvalue weighted by Crippen LogP contribution is -2.41. The van der Waals surface area contributed by atoms with E-state index < -0.39 is 5.60 Å². The minimum atomic E-state index is -0.947. The van der Waals surface area contributed by atoms with Crippen LogP contribution in [0.3, 0.4) is 0 Å². The molecule has 2 atom stereocenters. The highest BCUT2D eigenvalue weighted by atomic mass is 79.9. The molecule has 0 spiro atoms. The van der Waals surface area contributed by atoms with Crippen LogP contribution in [0.4, 0.5) is 0 Å². The van der Waals surface area contributed by atoms with Gasteiger partial charge in [-0.25, -0.2) is 0 Å². The Morgan fingerprint density at radius 3 is 2.30 bits per heavy atom. The fourth-order valence-corrected chi connectivity index (χ4v) is 3.68. The number of benzene rings is 1. The zero-order valence-corrected chi connectivity index (χ0v) is 13.9. The number of rotatable bonds is 3. The third-order valence-corrected chi connectivity index (χ3v) is 4.45. The van der Waals surface area contributed by atoms with Crippen molar-refractivity contribution in [2.24, 2.45) is 0 Å². The van der Waals surface area contributed by atoms with Crippen LogP contribution in [-0.2, 0) is 10.3 Å². The van der Waals surface area contributed by atoms with Crippen LogP contribution in [0.25, 0.3) is 0 Å². The number of aliphatic hydroxyl groups is 1. The number of hydrogen-bond acceptors (Lipinski definition) is 4. The molecule has 5 heteroatoms. The van der Waals surface area contributed by atoms with Crippen molar-refractivity contribution in [2.75, 3.05) is 14.2 Å². The van der Waals surface area contributed by atoms with E-state index in [1.807, 2.05) is 26.0 Å². The van der Waals surface area contributed by atoms with E-state index >= 15 is 0 Å². The second-order valence-corrected chi connectivity index (χ2v) is 6.15. The van der Waals surface area contributed by atoms with E-state index in [2.05, 4.69) is 15.9 Å². The molecule has 112 valence electrons. The summed E-state index contributed by atoms with van der Waals surface area (Å²) in [6.45, 7) is 3.96. The molecule has 2 rings (SSSR count). The maximum Gasteiger partial charge on any atom is 0.142 e. The van der Waals surface area contributed by atoms with Gasteiger partial charge in [0.2, 0.25) is 0 Å². The normalized spacial score (nSPS) is 30.1. The molecule has 0 radical (unpaired) electrons. The van der Waals surface area contributed by atoms with Crippen LogP contribution >= 0.6 is 15.9 Å². The average Bonchev–Trinajstić information content (AvgIpc) is 2.36. The van der Waals surface area contributed by atoms with Gasteiger partial charge in [-0.2, -0.15) is 0 Å². The van der Waals surface area contributed by atoms with Crippen LogP contribution < -0.4 is 9.47 Å². The predicted octanol–water partition coefficient (Wildman–Crippen LogP) is 3.24. The van der Waals surface area contributed by atoms with Gasteiger partial charge in [0.05, 0.1) is 32.0 Å². The van der Waals surface area contributed by atoms with Crippen molar-refractivity contribution in [3.05, 3.63) is 22.2 Å². The average molecular weight is 345 g/mol. The Bertz CT molecular complexity index is 479. The van der Waals surface area contributed by atoms with Crippen LogP contribution in [-0.4, -0.2) is 31.5 Å². The Morgan fingerprint density at radius 1 is 1.20 bits per heavy atom. The van der Waals surface area contributed by atoms with E-state index in [-0.39, 0.29) is 12.2 Å². The Hall–Kier alpha value is -0.780. The third-order valence-electron chi connectivity index (χ3n) is 3.70. The second kappa shape index (κ2) is 5.92. The minimum absolute atomic E-state index is 0.00864. The zero-order chi connectivity index (χ0) is 14.9. The smallest absolute Gasteiger partial charge is 0.142 e. The summed E-state index contributed by atoms with van der Waals surface area (Å²) in [7, 11) is 3.20. The summed E-state index contributed by atoms with van der Waals surface area (Å²) in [6, 6.07) is 3.71. The van der Waals surface area contributed by atoms with Crippen LogP contribution in [0.5, 0.6) is 11.5 Å². The Balaban J connectivity index is 2.48. The summed E-state index contributed by atoms with van der Waals surface area (Å²) in [6.07, 6.45) is 1.11. The topological polar surface area (TPSA) is 47.9 Å². The van der Waals surface area contributed by atoms with Gasteiger partial charge >= 0.3 is 0 Å². The van der Waals surface area contributed by atoms with Crippen molar-refractivity contribution < 1.29 is 19.3 Å². The first-order valence-corrected chi connectivity index (χ1v) is 7.49. The summed E-state index contributed by atoms with van der Waals surface area (Å²) in [5.74, 6) is 1.30. The molecule has 0 saturated carbocycles. The molecule has 1 fully saturated rings. The van der Waals surface area contributed by atoms with E-state index in [1.165, 1.54) is 0 Å². The second-order valence-electron chi connectivity index (χ2n) is 5.36. The minimum Gasteiger partial charge on any atom is -0.495 e. The lowest BCUT2D eigenvalue weighted by atomic mass is 9.81. The molecule has 1 N–H and O–H groups in total. The van der Waals surface area contributed by atoms with Crippen LogP contribution in [0.1, 0.15) is 32.3 Å². The number of methoxy groups -OCH3 is 2. The van der Waals surface area contributed by atoms with Gasteiger partial charge < -0.3 is 19.3 Å². The van der Waals surface area contributed by atoms with Crippen molar-refractivity contribution in [1.29, 1.82) is 0 Å². The van der Waals surface area contributed by atoms with Crippen molar-refractivity contribution in [3.8, 4) is 11.5 Å². The zero-order valence-electron chi connectivity index (χ0n) is 12.3. The quantitative estimate of drug-likeness (QED) is 0.914. The van der Waals surface area contributed by atoms with Crippen molar-refractivity contribution in [2.45, 2.75) is 44.5 Å². The molecule has 0 bridgehead atoms. The van der Waals surface area contributed by atoms with Crippen LogP contribution in [0.2, 0.25) is 0 Å². The van der Waals surface area contributed by atoms with Gasteiger partial charge in [0, 0.05) is 18.4 Å². The number of ether oxygens (including phenoxy) is 3. The number of hydrogen-bond donors (Lipinski definition) is 1. The molecule has 1 aliphatic rings. The van der Waals surface area contributed by atoms with Gasteiger partial charge in [0.25, 0.3) is 0 Å². The van der Waals surface area contributed by atoms with Gasteiger partial charge in [-0.1, -0.05) is 0 Å². The van der Waals surface area contributed by atoms with Gasteiger partial charge in [-0.15, -0.1) is 0 Å². The fourth-order valence-electron chi connectivity index (χ4n) is 3.01. The van der Waals surface area contributed by atoms with E-state index in [4.69, 9.17) is 14.2 Å². The largest absolute Gasteiger partial charge is 0.495 e. The lowest BCUT2D eigenvalue weighted by molar-refractivity contribution is -0.136. The van der Waals surface area contributed by atoms with Crippen LogP contribution in [0.15, 0.2) is 16.6 Å². The Labute approximate surface area is 128 Å². The van der Waals surface area contributed by atoms with Crippen LogP contribution in [0, 0.1) is 0 Å². The molecule has 20 heavy (non-hydrogen) atoms. The highest BCUT2D eigenvalue weighted by molar-refractivity contribution is 9.10. The summed E-state index contributed by atoms with van der Waals surface area (Å²) in [5, 5.41) is 11.1. The summed E-state index contributed by atoms with van der Waals surface area (Å²) in [4.78, 5) is 0. The predicted molar refractivity (Wildman–Crippen MR) is 80.4 cm³/mol. The van der Waals surface area contributed by atoms with Crippen molar-refractivity contribution in [3.63, 3.8) is 0 Å². The molecular weight excluding hydrogens is 324 g/mol. The number of halogens is 1. The van der Waals surface area contributed by atoms with E-state index in [9.17, 15) is 5.11 Å². The van der Waals surface area contributed by atoms with E-state index in [1.54, 1.807) is 14.2 Å². The third kappa shape index (κ3) is 2.80. The van der Waals surface area contributed by atoms with E-state index in [0.29, 0.717) is 24.3 Å². The maximum atomic E-state index is 11.1. The monoisotopic (exact) mass is 344 g/mol. The molecule has 1 saturated heterocycles. The standard InChI is InChI=1S/C15H21BrO4/c1-9-7-15(17,8-10(2)20-9)11-5-6-12(18-3)13(16)14(11)19-4/h5-6,9-10,17H,7-8H2,1-4H3. The molecule has 1 aliphatic heterocycles. The summed E-state index contributed by atoms with van der Waals surface area (Å²) < 4.78 is 17.2. The fraction of sp³-hybridized carbons (Fsp3) is 0.600.